The Morgan fingerprint density at radius 1 is 0.967 bits per heavy atom. The highest BCUT2D eigenvalue weighted by Crippen LogP contribution is 2.30. The molecule has 0 radical (unpaired) electrons. The first kappa shape index (κ1) is 19.4. The largest absolute Gasteiger partial charge is 0.326 e. The molecule has 0 saturated carbocycles. The van der Waals surface area contributed by atoms with E-state index in [2.05, 4.69) is 10.6 Å². The Morgan fingerprint density at radius 2 is 1.67 bits per heavy atom. The molecule has 6 heteroatoms. The van der Waals surface area contributed by atoms with E-state index in [-0.39, 0.29) is 30.7 Å². The molecule has 0 aromatic heterocycles. The number of nitrogens with one attached hydrogen (secondary N) is 2. The van der Waals surface area contributed by atoms with Crippen LogP contribution in [0.2, 0.25) is 0 Å². The number of nitrogens with zero attached hydrogens (tertiary/aromatic N) is 1. The number of hydrogen-bond acceptors (Lipinski definition) is 3. The lowest BCUT2D eigenvalue weighted by Crippen LogP contribution is -2.42. The molecule has 0 spiro atoms. The van der Waals surface area contributed by atoms with E-state index in [4.69, 9.17) is 0 Å². The standard InChI is InChI=1S/C24H21N3O3/c1-16-6-8-17(9-7-16)14-22(28)25-19-12-10-18(11-13-19)24(30)27-15-23(29)26-20-4-2-3-5-21(20)27/h2-13H,14-15H2,1H3,(H,25,28)(H,26,29). The predicted molar refractivity (Wildman–Crippen MR) is 117 cm³/mol. The van der Waals surface area contributed by atoms with Crippen molar-refractivity contribution in [1.82, 2.24) is 0 Å². The van der Waals surface area contributed by atoms with Crippen molar-refractivity contribution in [1.29, 1.82) is 0 Å². The van der Waals surface area contributed by atoms with Crippen LogP contribution in [0.5, 0.6) is 0 Å². The van der Waals surface area contributed by atoms with Crippen molar-refractivity contribution in [2.75, 3.05) is 22.1 Å². The first-order valence-corrected chi connectivity index (χ1v) is 9.66. The smallest absolute Gasteiger partial charge is 0.258 e. The average molecular weight is 399 g/mol. The van der Waals surface area contributed by atoms with E-state index >= 15 is 0 Å². The second kappa shape index (κ2) is 8.21. The number of benzene rings is 3. The number of fused-ring (bicyclic) bond motifs is 1. The van der Waals surface area contributed by atoms with Crippen LogP contribution in [0.1, 0.15) is 21.5 Å². The van der Waals surface area contributed by atoms with Crippen molar-refractivity contribution in [3.63, 3.8) is 0 Å². The van der Waals surface area contributed by atoms with Gasteiger partial charge in [0, 0.05) is 11.3 Å². The van der Waals surface area contributed by atoms with Gasteiger partial charge in [0.15, 0.2) is 0 Å². The van der Waals surface area contributed by atoms with Crippen LogP contribution >= 0.6 is 0 Å². The van der Waals surface area contributed by atoms with Crippen molar-refractivity contribution in [2.24, 2.45) is 0 Å². The number of carbonyl (C=O) groups is 3. The molecule has 0 unspecified atom stereocenters. The van der Waals surface area contributed by atoms with E-state index in [9.17, 15) is 14.4 Å². The zero-order valence-electron chi connectivity index (χ0n) is 16.5. The number of amides is 3. The quantitative estimate of drug-likeness (QED) is 0.701. The molecule has 0 fully saturated rings. The van der Waals surface area contributed by atoms with E-state index in [1.807, 2.05) is 37.3 Å². The second-order valence-electron chi connectivity index (χ2n) is 7.24. The minimum Gasteiger partial charge on any atom is -0.326 e. The number of anilines is 3. The molecule has 1 aliphatic heterocycles. The van der Waals surface area contributed by atoms with Crippen LogP contribution in [-0.2, 0) is 16.0 Å². The van der Waals surface area contributed by atoms with Crippen molar-refractivity contribution in [2.45, 2.75) is 13.3 Å². The van der Waals surface area contributed by atoms with Crippen LogP contribution in [0.25, 0.3) is 0 Å². The number of carbonyl (C=O) groups excluding carboxylic acids is 3. The van der Waals surface area contributed by atoms with Crippen molar-refractivity contribution < 1.29 is 14.4 Å². The Kier molecular flexibility index (Phi) is 5.30. The Labute approximate surface area is 174 Å². The number of aryl methyl sites for hydroxylation is 1. The SMILES string of the molecule is Cc1ccc(CC(=O)Nc2ccc(C(=O)N3CC(=O)Nc4ccccc43)cc2)cc1. The fourth-order valence-corrected chi connectivity index (χ4v) is 3.36. The Balaban J connectivity index is 1.44. The summed E-state index contributed by atoms with van der Waals surface area (Å²) in [5.74, 6) is -0.628. The zero-order chi connectivity index (χ0) is 21.1. The lowest BCUT2D eigenvalue weighted by Gasteiger charge is -2.29. The van der Waals surface area contributed by atoms with Gasteiger partial charge in [0.1, 0.15) is 6.54 Å². The molecule has 3 aromatic rings. The van der Waals surface area contributed by atoms with E-state index in [0.29, 0.717) is 22.6 Å². The summed E-state index contributed by atoms with van der Waals surface area (Å²) in [5, 5.41) is 5.61. The zero-order valence-corrected chi connectivity index (χ0v) is 16.5. The molecule has 3 aromatic carbocycles. The minimum absolute atomic E-state index is 0.0368. The maximum Gasteiger partial charge on any atom is 0.258 e. The summed E-state index contributed by atoms with van der Waals surface area (Å²) >= 11 is 0. The van der Waals surface area contributed by atoms with Crippen molar-refractivity contribution in [3.05, 3.63) is 89.5 Å². The molecule has 3 amide bonds. The van der Waals surface area contributed by atoms with Crippen LogP contribution < -0.4 is 15.5 Å². The number of hydrogen-bond donors (Lipinski definition) is 2. The van der Waals surface area contributed by atoms with Crippen LogP contribution in [0.15, 0.2) is 72.8 Å². The lowest BCUT2D eigenvalue weighted by molar-refractivity contribution is -0.116. The summed E-state index contributed by atoms with van der Waals surface area (Å²) in [5.41, 5.74) is 4.41. The van der Waals surface area contributed by atoms with Gasteiger partial charge in [0.05, 0.1) is 17.8 Å². The summed E-state index contributed by atoms with van der Waals surface area (Å²) < 4.78 is 0. The molecule has 1 heterocycles. The third-order valence-electron chi connectivity index (χ3n) is 4.92. The van der Waals surface area contributed by atoms with Crippen molar-refractivity contribution >= 4 is 34.8 Å². The van der Waals surface area contributed by atoms with Gasteiger partial charge in [-0.25, -0.2) is 0 Å². The Morgan fingerprint density at radius 3 is 2.40 bits per heavy atom. The molecule has 6 nitrogen and oxygen atoms in total. The van der Waals surface area contributed by atoms with E-state index in [1.165, 1.54) is 4.90 Å². The normalized spacial score (nSPS) is 12.7. The predicted octanol–water partition coefficient (Wildman–Crippen LogP) is 3.78. The molecule has 2 N–H and O–H groups in total. The molecule has 0 bridgehead atoms. The Hall–Kier alpha value is -3.93. The van der Waals surface area contributed by atoms with Crippen molar-refractivity contribution in [3.8, 4) is 0 Å². The van der Waals surface area contributed by atoms with Crippen LogP contribution in [0, 0.1) is 6.92 Å². The van der Waals surface area contributed by atoms with E-state index < -0.39 is 0 Å². The molecule has 4 rings (SSSR count). The molecule has 0 saturated heterocycles. The van der Waals surface area contributed by atoms with E-state index in [0.717, 1.165) is 11.1 Å². The van der Waals surface area contributed by atoms with Gasteiger partial charge < -0.3 is 10.6 Å². The Bertz CT molecular complexity index is 1110. The van der Waals surface area contributed by atoms with Gasteiger partial charge in [-0.2, -0.15) is 0 Å². The summed E-state index contributed by atoms with van der Waals surface area (Å²) in [6.45, 7) is 1.96. The van der Waals surface area contributed by atoms with E-state index in [1.54, 1.807) is 42.5 Å². The fraction of sp³-hybridized carbons (Fsp3) is 0.125. The van der Waals surface area contributed by atoms with Gasteiger partial charge in [-0.1, -0.05) is 42.0 Å². The summed E-state index contributed by atoms with van der Waals surface area (Å²) in [7, 11) is 0. The maximum absolute atomic E-state index is 13.0. The molecule has 0 aliphatic carbocycles. The average Bonchev–Trinajstić information content (AvgIpc) is 2.75. The number of rotatable bonds is 4. The lowest BCUT2D eigenvalue weighted by atomic mass is 10.1. The van der Waals surface area contributed by atoms with Crippen LogP contribution in [0.4, 0.5) is 17.1 Å². The highest BCUT2D eigenvalue weighted by molar-refractivity contribution is 6.15. The summed E-state index contributed by atoms with van der Waals surface area (Å²) in [4.78, 5) is 38.7. The highest BCUT2D eigenvalue weighted by Gasteiger charge is 2.27. The van der Waals surface area contributed by atoms with Gasteiger partial charge in [0.25, 0.3) is 5.91 Å². The maximum atomic E-state index is 13.0. The molecule has 0 atom stereocenters. The van der Waals surface area contributed by atoms with Crippen LogP contribution in [-0.4, -0.2) is 24.3 Å². The molecule has 150 valence electrons. The second-order valence-corrected chi connectivity index (χ2v) is 7.24. The monoisotopic (exact) mass is 399 g/mol. The molecule has 30 heavy (non-hydrogen) atoms. The summed E-state index contributed by atoms with van der Waals surface area (Å²) in [6, 6.07) is 21.7. The summed E-state index contributed by atoms with van der Waals surface area (Å²) in [6.07, 6.45) is 0.278. The molecular formula is C24H21N3O3. The van der Waals surface area contributed by atoms with Gasteiger partial charge >= 0.3 is 0 Å². The fourth-order valence-electron chi connectivity index (χ4n) is 3.36. The third-order valence-corrected chi connectivity index (χ3v) is 4.92. The number of para-hydroxylation sites is 2. The molecular weight excluding hydrogens is 378 g/mol. The third kappa shape index (κ3) is 4.22. The van der Waals surface area contributed by atoms with Crippen LogP contribution in [0.3, 0.4) is 0 Å². The topological polar surface area (TPSA) is 78.5 Å². The van der Waals surface area contributed by atoms with Gasteiger partial charge in [-0.15, -0.1) is 0 Å². The first-order chi connectivity index (χ1) is 14.5. The highest BCUT2D eigenvalue weighted by atomic mass is 16.2. The van der Waals surface area contributed by atoms with Gasteiger partial charge in [-0.05, 0) is 48.9 Å². The molecule has 1 aliphatic rings. The van der Waals surface area contributed by atoms with Gasteiger partial charge in [-0.3, -0.25) is 19.3 Å². The first-order valence-electron chi connectivity index (χ1n) is 9.66. The van der Waals surface area contributed by atoms with Gasteiger partial charge in [0.2, 0.25) is 11.8 Å². The minimum atomic E-state index is -0.269.